The molecule has 0 aromatic carbocycles. The summed E-state index contributed by atoms with van der Waals surface area (Å²) in [7, 11) is 1.61. The quantitative estimate of drug-likeness (QED) is 0.229. The molecule has 0 radical (unpaired) electrons. The van der Waals surface area contributed by atoms with Gasteiger partial charge in [-0.1, -0.05) is 12.1 Å². The Morgan fingerprint density at radius 1 is 1.17 bits per heavy atom. The molecular formula is C29H31ClN10O2. The fourth-order valence-electron chi connectivity index (χ4n) is 5.51. The van der Waals surface area contributed by atoms with E-state index in [1.807, 2.05) is 50.2 Å². The van der Waals surface area contributed by atoms with E-state index >= 15 is 0 Å². The van der Waals surface area contributed by atoms with Crippen LogP contribution in [-0.2, 0) is 9.53 Å². The average molecular weight is 587 g/mol. The molecule has 216 valence electrons. The summed E-state index contributed by atoms with van der Waals surface area (Å²) in [6.07, 6.45) is 7.58. The van der Waals surface area contributed by atoms with E-state index in [0.717, 1.165) is 40.7 Å². The number of carbonyl (C=O) groups is 1. The molecule has 5 aromatic rings. The summed E-state index contributed by atoms with van der Waals surface area (Å²) in [6, 6.07) is 11.3. The van der Waals surface area contributed by atoms with Gasteiger partial charge in [0.05, 0.1) is 17.3 Å². The van der Waals surface area contributed by atoms with Gasteiger partial charge in [-0.05, 0) is 74.9 Å². The third-order valence-electron chi connectivity index (χ3n) is 7.88. The van der Waals surface area contributed by atoms with E-state index in [0.29, 0.717) is 30.3 Å². The number of nitrogens with one attached hydrogen (secondary N) is 3. The molecule has 0 unspecified atom stereocenters. The highest BCUT2D eigenvalue weighted by atomic mass is 35.5. The number of anilines is 2. The topological polar surface area (TPSA) is 148 Å². The van der Waals surface area contributed by atoms with Gasteiger partial charge in [-0.3, -0.25) is 14.9 Å². The van der Waals surface area contributed by atoms with Crippen LogP contribution in [0.2, 0.25) is 5.28 Å². The Bertz CT molecular complexity index is 1710. The van der Waals surface area contributed by atoms with E-state index in [2.05, 4.69) is 40.9 Å². The summed E-state index contributed by atoms with van der Waals surface area (Å²) in [5.74, 6) is 1.98. The molecule has 6 rings (SSSR count). The predicted molar refractivity (Wildman–Crippen MR) is 158 cm³/mol. The predicted octanol–water partition coefficient (Wildman–Crippen LogP) is 4.95. The Kier molecular flexibility index (Phi) is 7.56. The molecule has 0 aliphatic heterocycles. The van der Waals surface area contributed by atoms with Gasteiger partial charge in [0.25, 0.3) is 5.91 Å². The van der Waals surface area contributed by atoms with Gasteiger partial charge in [0.15, 0.2) is 11.6 Å². The lowest BCUT2D eigenvalue weighted by molar-refractivity contribution is -0.148. The smallest absolute Gasteiger partial charge is 0.252 e. The molecule has 1 amide bonds. The zero-order valence-corrected chi connectivity index (χ0v) is 24.3. The molecule has 0 spiro atoms. The minimum atomic E-state index is -0.929. The number of hydrogen-bond acceptors (Lipinski definition) is 9. The summed E-state index contributed by atoms with van der Waals surface area (Å²) in [5, 5.41) is 18.9. The first-order valence-corrected chi connectivity index (χ1v) is 14.2. The molecule has 1 saturated carbocycles. The van der Waals surface area contributed by atoms with Crippen molar-refractivity contribution in [2.24, 2.45) is 0 Å². The Morgan fingerprint density at radius 3 is 2.67 bits per heavy atom. The Balaban J connectivity index is 1.16. The fourth-order valence-corrected chi connectivity index (χ4v) is 5.63. The van der Waals surface area contributed by atoms with Crippen molar-refractivity contribution in [2.45, 2.75) is 57.1 Å². The molecule has 5 aromatic heterocycles. The van der Waals surface area contributed by atoms with Crippen molar-refractivity contribution in [3.05, 3.63) is 77.4 Å². The zero-order chi connectivity index (χ0) is 29.3. The van der Waals surface area contributed by atoms with E-state index in [1.54, 1.807) is 19.5 Å². The van der Waals surface area contributed by atoms with Crippen LogP contribution < -0.4 is 10.6 Å². The van der Waals surface area contributed by atoms with Crippen molar-refractivity contribution in [1.82, 2.24) is 45.2 Å². The zero-order valence-electron chi connectivity index (χ0n) is 23.5. The van der Waals surface area contributed by atoms with Gasteiger partial charge in [-0.25, -0.2) is 19.6 Å². The van der Waals surface area contributed by atoms with Crippen LogP contribution in [0.4, 0.5) is 11.6 Å². The molecule has 0 saturated heterocycles. The van der Waals surface area contributed by atoms with Crippen molar-refractivity contribution in [3.63, 3.8) is 0 Å². The average Bonchev–Trinajstić information content (AvgIpc) is 3.64. The lowest BCUT2D eigenvalue weighted by atomic mass is 9.76. The lowest BCUT2D eigenvalue weighted by Crippen LogP contribution is -2.50. The third-order valence-corrected chi connectivity index (χ3v) is 8.05. The van der Waals surface area contributed by atoms with Crippen molar-refractivity contribution >= 4 is 40.0 Å². The number of methoxy groups -OCH3 is 1. The second-order valence-corrected chi connectivity index (χ2v) is 10.9. The molecule has 1 fully saturated rings. The summed E-state index contributed by atoms with van der Waals surface area (Å²) in [5.41, 5.74) is 2.68. The standard InChI is InChI=1S/C29H31ClN10O2/c1-17-13-23(38-37-17)35-22-14-20-5-4-12-31-25(20)26(36-22)19-8-10-29(42-3,11-9-19)27(41)34-18(2)21-6-7-24(32-15-21)40-16-33-28(30)39-40/h4-7,12-16,18-19H,8-11H2,1-3H3,(H,34,41)(H2,35,36,37,38)/t18-,19-,29-/m0/s1. The first kappa shape index (κ1) is 27.7. The number of rotatable bonds is 8. The highest BCUT2D eigenvalue weighted by Crippen LogP contribution is 2.41. The SMILES string of the molecule is CO[C@]1(C(=O)N[C@@H](C)c2ccc(-n3cnc(Cl)n3)nc2)CC[C@@H](c2nc(Nc3cc(C)[nH]n3)cc3cccnc32)CC1. The number of amides is 1. The molecular weight excluding hydrogens is 556 g/mol. The molecule has 1 aliphatic carbocycles. The maximum absolute atomic E-state index is 13.6. The molecule has 13 heteroatoms. The van der Waals surface area contributed by atoms with E-state index in [-0.39, 0.29) is 23.2 Å². The molecule has 42 heavy (non-hydrogen) atoms. The van der Waals surface area contributed by atoms with Gasteiger partial charge >= 0.3 is 0 Å². The second kappa shape index (κ2) is 11.5. The maximum atomic E-state index is 13.6. The molecule has 5 heterocycles. The first-order valence-electron chi connectivity index (χ1n) is 13.8. The summed E-state index contributed by atoms with van der Waals surface area (Å²) in [4.78, 5) is 31.6. The van der Waals surface area contributed by atoms with Crippen LogP contribution in [0.3, 0.4) is 0 Å². The van der Waals surface area contributed by atoms with E-state index < -0.39 is 5.60 Å². The Labute approximate surface area is 247 Å². The van der Waals surface area contributed by atoms with Crippen LogP contribution in [0.1, 0.15) is 61.5 Å². The third kappa shape index (κ3) is 5.55. The number of halogens is 1. The van der Waals surface area contributed by atoms with E-state index in [1.165, 1.54) is 11.0 Å². The van der Waals surface area contributed by atoms with Gasteiger partial charge in [-0.2, -0.15) is 5.10 Å². The fraction of sp³-hybridized carbons (Fsp3) is 0.345. The number of nitrogens with zero attached hydrogens (tertiary/aromatic N) is 7. The first-order chi connectivity index (χ1) is 20.3. The van der Waals surface area contributed by atoms with Gasteiger partial charge in [-0.15, -0.1) is 5.10 Å². The number of carbonyl (C=O) groups excluding carboxylic acids is 1. The largest absolute Gasteiger partial charge is 0.368 e. The summed E-state index contributed by atoms with van der Waals surface area (Å²) >= 11 is 5.81. The molecule has 12 nitrogen and oxygen atoms in total. The highest BCUT2D eigenvalue weighted by molar-refractivity contribution is 6.28. The highest BCUT2D eigenvalue weighted by Gasteiger charge is 2.43. The number of aromatic amines is 1. The minimum absolute atomic E-state index is 0.126. The monoisotopic (exact) mass is 586 g/mol. The van der Waals surface area contributed by atoms with Crippen molar-refractivity contribution in [3.8, 4) is 5.82 Å². The Hall–Kier alpha value is -4.42. The van der Waals surface area contributed by atoms with Crippen LogP contribution in [0.15, 0.2) is 55.1 Å². The molecule has 1 atom stereocenters. The van der Waals surface area contributed by atoms with E-state index in [9.17, 15) is 4.79 Å². The molecule has 3 N–H and O–H groups in total. The van der Waals surface area contributed by atoms with Crippen LogP contribution in [0, 0.1) is 6.92 Å². The lowest BCUT2D eigenvalue weighted by Gasteiger charge is -2.38. The normalized spacial score (nSPS) is 19.5. The number of aryl methyl sites for hydroxylation is 1. The number of aromatic nitrogens is 8. The number of ether oxygens (including phenoxy) is 1. The summed E-state index contributed by atoms with van der Waals surface area (Å²) < 4.78 is 7.41. The number of fused-ring (bicyclic) bond motifs is 1. The van der Waals surface area contributed by atoms with Crippen molar-refractivity contribution in [1.29, 1.82) is 0 Å². The number of H-pyrrole nitrogens is 1. The van der Waals surface area contributed by atoms with Crippen molar-refractivity contribution < 1.29 is 9.53 Å². The van der Waals surface area contributed by atoms with Gasteiger partial charge in [0.1, 0.15) is 17.7 Å². The second-order valence-electron chi connectivity index (χ2n) is 10.6. The number of hydrogen-bond donors (Lipinski definition) is 3. The van der Waals surface area contributed by atoms with Gasteiger partial charge < -0.3 is 15.4 Å². The molecule has 1 aliphatic rings. The van der Waals surface area contributed by atoms with Crippen LogP contribution >= 0.6 is 11.6 Å². The van der Waals surface area contributed by atoms with Gasteiger partial charge in [0.2, 0.25) is 5.28 Å². The van der Waals surface area contributed by atoms with Crippen LogP contribution in [-0.4, -0.2) is 58.5 Å². The van der Waals surface area contributed by atoms with E-state index in [4.69, 9.17) is 21.3 Å². The number of pyridine rings is 3. The Morgan fingerprint density at radius 2 is 2.00 bits per heavy atom. The van der Waals surface area contributed by atoms with Gasteiger partial charge in [0, 0.05) is 42.6 Å². The van der Waals surface area contributed by atoms with Crippen LogP contribution in [0.25, 0.3) is 16.7 Å². The maximum Gasteiger partial charge on any atom is 0.252 e. The minimum Gasteiger partial charge on any atom is -0.368 e. The van der Waals surface area contributed by atoms with Crippen molar-refractivity contribution in [2.75, 3.05) is 12.4 Å². The summed E-state index contributed by atoms with van der Waals surface area (Å²) in [6.45, 7) is 3.88. The molecule has 0 bridgehead atoms. The van der Waals surface area contributed by atoms with Crippen LogP contribution in [0.5, 0.6) is 0 Å².